The number of likely N-dealkylation sites (N-methyl/N-ethyl adjacent to an activating group) is 1. The number of piperidine rings is 1. The molecule has 1 aromatic rings. The Morgan fingerprint density at radius 2 is 2.23 bits per heavy atom. The van der Waals surface area contributed by atoms with Crippen LogP contribution in [-0.2, 0) is 4.79 Å². The molecule has 1 aliphatic heterocycles. The number of rotatable bonds is 3. The van der Waals surface area contributed by atoms with Gasteiger partial charge in [0.25, 0.3) is 0 Å². The number of hydrogen-bond acceptors (Lipinski definition) is 4. The van der Waals surface area contributed by atoms with Gasteiger partial charge in [-0.25, -0.2) is 4.98 Å². The lowest BCUT2D eigenvalue weighted by atomic mass is 9.84. The molecule has 0 spiro atoms. The molecule has 1 saturated carbocycles. The van der Waals surface area contributed by atoms with Crippen molar-refractivity contribution in [3.05, 3.63) is 24.0 Å². The van der Waals surface area contributed by atoms with Crippen LogP contribution in [0.2, 0.25) is 0 Å². The quantitative estimate of drug-likeness (QED) is 0.858. The number of aromatic nitrogens is 1. The van der Waals surface area contributed by atoms with Crippen LogP contribution in [0.15, 0.2) is 18.3 Å². The second kappa shape index (κ2) is 6.35. The normalized spacial score (nSPS) is 21.8. The number of pyridine rings is 1. The van der Waals surface area contributed by atoms with Gasteiger partial charge in [0.2, 0.25) is 5.91 Å². The van der Waals surface area contributed by atoms with E-state index in [-0.39, 0.29) is 12.0 Å². The minimum atomic E-state index is 0.256. The molecule has 1 atom stereocenters. The molecule has 1 unspecified atom stereocenters. The number of nitrogens with zero attached hydrogens (tertiary/aromatic N) is 4. The zero-order valence-corrected chi connectivity index (χ0v) is 13.0. The average molecular weight is 298 g/mol. The average Bonchev–Trinajstić information content (AvgIpc) is 2.52. The summed E-state index contributed by atoms with van der Waals surface area (Å²) < 4.78 is 0. The van der Waals surface area contributed by atoms with Crippen molar-refractivity contribution in [1.29, 1.82) is 5.26 Å². The molecule has 2 heterocycles. The Morgan fingerprint density at radius 1 is 1.41 bits per heavy atom. The Morgan fingerprint density at radius 3 is 2.91 bits per heavy atom. The fraction of sp³-hybridized carbons (Fsp3) is 0.588. The largest absolute Gasteiger partial charge is 0.369 e. The molecule has 1 amide bonds. The molecule has 0 aromatic carbocycles. The van der Waals surface area contributed by atoms with E-state index in [1.807, 2.05) is 24.1 Å². The van der Waals surface area contributed by atoms with Gasteiger partial charge in [-0.15, -0.1) is 0 Å². The van der Waals surface area contributed by atoms with E-state index in [4.69, 9.17) is 5.26 Å². The van der Waals surface area contributed by atoms with Crippen LogP contribution in [0.4, 0.5) is 5.69 Å². The first-order chi connectivity index (χ1) is 10.7. The molecule has 2 fully saturated rings. The zero-order valence-electron chi connectivity index (χ0n) is 13.0. The third-order valence-corrected chi connectivity index (χ3v) is 4.97. The van der Waals surface area contributed by atoms with E-state index < -0.39 is 0 Å². The second-order valence-corrected chi connectivity index (χ2v) is 6.33. The Bertz CT molecular complexity index is 591. The molecular weight excluding hydrogens is 276 g/mol. The van der Waals surface area contributed by atoms with Gasteiger partial charge in [0.05, 0.1) is 0 Å². The van der Waals surface area contributed by atoms with Gasteiger partial charge in [0.15, 0.2) is 0 Å². The van der Waals surface area contributed by atoms with Crippen LogP contribution in [0.1, 0.15) is 37.8 Å². The van der Waals surface area contributed by atoms with Crippen molar-refractivity contribution >= 4 is 11.6 Å². The van der Waals surface area contributed by atoms with Crippen LogP contribution < -0.4 is 4.90 Å². The minimum Gasteiger partial charge on any atom is -0.369 e. The van der Waals surface area contributed by atoms with Crippen molar-refractivity contribution in [1.82, 2.24) is 9.88 Å². The lowest BCUT2D eigenvalue weighted by molar-refractivity contribution is -0.139. The van der Waals surface area contributed by atoms with Gasteiger partial charge in [-0.05, 0) is 37.8 Å². The SMILES string of the molecule is CN(C(=O)C1CCC1)C1CCCN(c2ccnc(C#N)c2)C1. The molecule has 0 radical (unpaired) electrons. The lowest BCUT2D eigenvalue weighted by Crippen LogP contribution is -2.50. The summed E-state index contributed by atoms with van der Waals surface area (Å²) in [7, 11) is 1.95. The summed E-state index contributed by atoms with van der Waals surface area (Å²) in [6.45, 7) is 1.81. The van der Waals surface area contributed by atoms with Gasteiger partial charge < -0.3 is 9.80 Å². The molecule has 22 heavy (non-hydrogen) atoms. The maximum absolute atomic E-state index is 12.4. The highest BCUT2D eigenvalue weighted by molar-refractivity contribution is 5.79. The maximum atomic E-state index is 12.4. The summed E-state index contributed by atoms with van der Waals surface area (Å²) in [5.74, 6) is 0.567. The molecule has 0 bridgehead atoms. The number of anilines is 1. The number of amides is 1. The summed E-state index contributed by atoms with van der Waals surface area (Å²) >= 11 is 0. The molecule has 1 aliphatic carbocycles. The number of carbonyl (C=O) groups excluding carboxylic acids is 1. The summed E-state index contributed by atoms with van der Waals surface area (Å²) in [6, 6.07) is 6.12. The molecule has 5 nitrogen and oxygen atoms in total. The number of carbonyl (C=O) groups is 1. The van der Waals surface area contributed by atoms with Crippen LogP contribution >= 0.6 is 0 Å². The maximum Gasteiger partial charge on any atom is 0.225 e. The minimum absolute atomic E-state index is 0.256. The predicted octanol–water partition coefficient (Wildman–Crippen LogP) is 2.18. The zero-order chi connectivity index (χ0) is 15.5. The highest BCUT2D eigenvalue weighted by Gasteiger charge is 2.32. The fourth-order valence-electron chi connectivity index (χ4n) is 3.31. The number of hydrogen-bond donors (Lipinski definition) is 0. The molecule has 0 N–H and O–H groups in total. The van der Waals surface area contributed by atoms with E-state index >= 15 is 0 Å². The molecule has 1 aromatic heterocycles. The van der Waals surface area contributed by atoms with Crippen molar-refractivity contribution in [2.24, 2.45) is 5.92 Å². The van der Waals surface area contributed by atoms with Gasteiger partial charge in [-0.1, -0.05) is 6.42 Å². The Hall–Kier alpha value is -2.09. The highest BCUT2D eigenvalue weighted by Crippen LogP contribution is 2.30. The predicted molar refractivity (Wildman–Crippen MR) is 84.3 cm³/mol. The van der Waals surface area contributed by atoms with E-state index in [0.29, 0.717) is 11.6 Å². The first-order valence-electron chi connectivity index (χ1n) is 8.07. The molecule has 3 rings (SSSR count). The summed E-state index contributed by atoms with van der Waals surface area (Å²) in [4.78, 5) is 20.7. The van der Waals surface area contributed by atoms with E-state index in [2.05, 4.69) is 16.0 Å². The third kappa shape index (κ3) is 2.92. The first kappa shape index (κ1) is 14.8. The van der Waals surface area contributed by atoms with E-state index in [0.717, 1.165) is 44.5 Å². The third-order valence-electron chi connectivity index (χ3n) is 4.97. The van der Waals surface area contributed by atoms with Crippen molar-refractivity contribution in [3.8, 4) is 6.07 Å². The Balaban J connectivity index is 1.68. The van der Waals surface area contributed by atoms with Gasteiger partial charge >= 0.3 is 0 Å². The van der Waals surface area contributed by atoms with Crippen LogP contribution in [0.3, 0.4) is 0 Å². The van der Waals surface area contributed by atoms with E-state index in [9.17, 15) is 4.79 Å². The molecule has 1 saturated heterocycles. The molecule has 2 aliphatic rings. The van der Waals surface area contributed by atoms with Crippen LogP contribution in [0, 0.1) is 17.2 Å². The first-order valence-corrected chi connectivity index (χ1v) is 8.07. The van der Waals surface area contributed by atoms with Gasteiger partial charge in [0, 0.05) is 44.0 Å². The fourth-order valence-corrected chi connectivity index (χ4v) is 3.31. The Labute approximate surface area is 131 Å². The van der Waals surface area contributed by atoms with E-state index in [1.54, 1.807) is 6.20 Å². The molecule has 116 valence electrons. The summed E-state index contributed by atoms with van der Waals surface area (Å²) in [6.07, 6.45) is 7.10. The summed E-state index contributed by atoms with van der Waals surface area (Å²) in [5, 5.41) is 8.98. The van der Waals surface area contributed by atoms with Crippen molar-refractivity contribution < 1.29 is 4.79 Å². The van der Waals surface area contributed by atoms with E-state index in [1.165, 1.54) is 6.42 Å². The van der Waals surface area contributed by atoms with Crippen LogP contribution in [-0.4, -0.2) is 42.0 Å². The highest BCUT2D eigenvalue weighted by atomic mass is 16.2. The number of nitriles is 1. The van der Waals surface area contributed by atoms with Crippen molar-refractivity contribution in [3.63, 3.8) is 0 Å². The van der Waals surface area contributed by atoms with Crippen LogP contribution in [0.5, 0.6) is 0 Å². The standard InChI is InChI=1S/C17H22N4O/c1-20(17(22)13-4-2-5-13)16-6-3-9-21(12-16)15-7-8-19-14(10-15)11-18/h7-8,10,13,16H,2-6,9,12H2,1H3. The van der Waals surface area contributed by atoms with Crippen LogP contribution in [0.25, 0.3) is 0 Å². The lowest BCUT2D eigenvalue weighted by Gasteiger charge is -2.41. The van der Waals surface area contributed by atoms with Gasteiger partial charge in [0.1, 0.15) is 11.8 Å². The summed E-state index contributed by atoms with van der Waals surface area (Å²) in [5.41, 5.74) is 1.47. The monoisotopic (exact) mass is 298 g/mol. The molecule has 5 heteroatoms. The van der Waals surface area contributed by atoms with Crippen molar-refractivity contribution in [2.45, 2.75) is 38.1 Å². The smallest absolute Gasteiger partial charge is 0.225 e. The van der Waals surface area contributed by atoms with Crippen molar-refractivity contribution in [2.75, 3.05) is 25.0 Å². The van der Waals surface area contributed by atoms with Gasteiger partial charge in [-0.3, -0.25) is 4.79 Å². The van der Waals surface area contributed by atoms with Gasteiger partial charge in [-0.2, -0.15) is 5.26 Å². The Kier molecular flexibility index (Phi) is 4.28. The molecular formula is C17H22N4O. The topological polar surface area (TPSA) is 60.2 Å². The second-order valence-electron chi connectivity index (χ2n) is 6.33.